The van der Waals surface area contributed by atoms with Gasteiger partial charge in [-0.15, -0.1) is 0 Å². The third-order valence-corrected chi connectivity index (χ3v) is 2.64. The fourth-order valence-electron chi connectivity index (χ4n) is 1.57. The highest BCUT2D eigenvalue weighted by molar-refractivity contribution is 5.77. The molecule has 1 saturated carbocycles. The molecule has 0 heterocycles. The molecule has 0 radical (unpaired) electrons. The molecule has 0 unspecified atom stereocenters. The van der Waals surface area contributed by atoms with E-state index in [0.29, 0.717) is 6.04 Å². The summed E-state index contributed by atoms with van der Waals surface area (Å²) in [6, 6.07) is 6.58. The Balaban J connectivity index is 2.15. The van der Waals surface area contributed by atoms with Crippen LogP contribution in [0.5, 0.6) is 5.75 Å². The maximum atomic E-state index is 11.6. The van der Waals surface area contributed by atoms with Crippen LogP contribution >= 0.6 is 0 Å². The molecule has 1 aliphatic carbocycles. The maximum absolute atomic E-state index is 11.6. The predicted molar refractivity (Wildman–Crippen MR) is 59.0 cm³/mol. The highest BCUT2D eigenvalue weighted by Crippen LogP contribution is 2.25. The molecule has 1 aromatic rings. The average molecular weight is 221 g/mol. The Morgan fingerprint density at radius 1 is 1.44 bits per heavy atom. The van der Waals surface area contributed by atoms with Crippen molar-refractivity contribution in [1.82, 2.24) is 5.32 Å². The van der Waals surface area contributed by atoms with Crippen LogP contribution in [0.2, 0.25) is 0 Å². The number of hydrogen-bond acceptors (Lipinski definition) is 4. The van der Waals surface area contributed by atoms with E-state index in [0.717, 1.165) is 18.4 Å². The second kappa shape index (κ2) is 4.53. The molecular formula is C12H15NO3. The Bertz CT molecular complexity index is 370. The lowest BCUT2D eigenvalue weighted by atomic mass is 10.1. The zero-order valence-electron chi connectivity index (χ0n) is 9.14. The van der Waals surface area contributed by atoms with Crippen molar-refractivity contribution in [2.24, 2.45) is 0 Å². The molecule has 4 nitrogen and oxygen atoms in total. The molecular weight excluding hydrogens is 206 g/mol. The van der Waals surface area contributed by atoms with Gasteiger partial charge in [-0.1, -0.05) is 12.1 Å². The second-order valence-corrected chi connectivity index (χ2v) is 3.99. The lowest BCUT2D eigenvalue weighted by Crippen LogP contribution is -2.31. The second-order valence-electron chi connectivity index (χ2n) is 3.99. The number of phenols is 1. The van der Waals surface area contributed by atoms with Gasteiger partial charge in [0.05, 0.1) is 7.11 Å². The minimum Gasteiger partial charge on any atom is -0.508 e. The standard InChI is InChI=1S/C12H15NO3/c1-16-12(15)11(13-9-4-5-9)8-2-6-10(14)7-3-8/h2-3,6-7,9,11,13-14H,4-5H2,1H3/t11-/m1/s1. The summed E-state index contributed by atoms with van der Waals surface area (Å²) in [7, 11) is 1.38. The molecule has 0 saturated heterocycles. The summed E-state index contributed by atoms with van der Waals surface area (Å²) in [4.78, 5) is 11.6. The molecule has 86 valence electrons. The highest BCUT2D eigenvalue weighted by Gasteiger charge is 2.29. The van der Waals surface area contributed by atoms with Gasteiger partial charge in [-0.25, -0.2) is 4.79 Å². The number of methoxy groups -OCH3 is 1. The molecule has 0 aliphatic heterocycles. The summed E-state index contributed by atoms with van der Waals surface area (Å²) in [6.07, 6.45) is 2.21. The first-order valence-corrected chi connectivity index (χ1v) is 5.33. The third kappa shape index (κ3) is 2.52. The predicted octanol–water partition coefficient (Wildman–Crippen LogP) is 1.36. The Kier molecular flexibility index (Phi) is 3.10. The summed E-state index contributed by atoms with van der Waals surface area (Å²) in [5.41, 5.74) is 0.816. The van der Waals surface area contributed by atoms with Crippen LogP contribution in [0.3, 0.4) is 0 Å². The number of phenolic OH excluding ortho intramolecular Hbond substituents is 1. The van der Waals surface area contributed by atoms with E-state index in [9.17, 15) is 9.90 Å². The molecule has 1 aromatic carbocycles. The fraction of sp³-hybridized carbons (Fsp3) is 0.417. The van der Waals surface area contributed by atoms with E-state index in [1.54, 1.807) is 24.3 Å². The monoisotopic (exact) mass is 221 g/mol. The molecule has 1 atom stereocenters. The van der Waals surface area contributed by atoms with Crippen LogP contribution in [0, 0.1) is 0 Å². The smallest absolute Gasteiger partial charge is 0.327 e. The number of rotatable bonds is 4. The van der Waals surface area contributed by atoms with Crippen LogP contribution in [0.25, 0.3) is 0 Å². The molecule has 4 heteroatoms. The largest absolute Gasteiger partial charge is 0.508 e. The van der Waals surface area contributed by atoms with Crippen molar-refractivity contribution >= 4 is 5.97 Å². The minimum atomic E-state index is -0.432. The van der Waals surface area contributed by atoms with E-state index in [4.69, 9.17) is 4.74 Å². The van der Waals surface area contributed by atoms with Gasteiger partial charge < -0.3 is 9.84 Å². The molecule has 0 spiro atoms. The number of hydrogen-bond donors (Lipinski definition) is 2. The molecule has 1 fully saturated rings. The molecule has 0 aromatic heterocycles. The van der Waals surface area contributed by atoms with Crippen molar-refractivity contribution in [3.8, 4) is 5.75 Å². The van der Waals surface area contributed by atoms with Gasteiger partial charge in [0.1, 0.15) is 11.8 Å². The Morgan fingerprint density at radius 3 is 2.56 bits per heavy atom. The molecule has 2 N–H and O–H groups in total. The number of aromatic hydroxyl groups is 1. The average Bonchev–Trinajstić information content (AvgIpc) is 3.10. The number of benzene rings is 1. The number of carbonyl (C=O) groups excluding carboxylic acids is 1. The Hall–Kier alpha value is -1.55. The van der Waals surface area contributed by atoms with Crippen molar-refractivity contribution in [1.29, 1.82) is 0 Å². The maximum Gasteiger partial charge on any atom is 0.327 e. The quantitative estimate of drug-likeness (QED) is 0.754. The van der Waals surface area contributed by atoms with E-state index in [1.165, 1.54) is 7.11 Å². The summed E-state index contributed by atoms with van der Waals surface area (Å²) in [6.45, 7) is 0. The Labute approximate surface area is 94.2 Å². The van der Waals surface area contributed by atoms with Crippen LogP contribution in [-0.2, 0) is 9.53 Å². The summed E-state index contributed by atoms with van der Waals surface area (Å²) in [5.74, 6) is -0.101. The van der Waals surface area contributed by atoms with Crippen LogP contribution < -0.4 is 5.32 Å². The van der Waals surface area contributed by atoms with Gasteiger partial charge >= 0.3 is 5.97 Å². The lowest BCUT2D eigenvalue weighted by molar-refractivity contribution is -0.143. The van der Waals surface area contributed by atoms with Gasteiger partial charge in [-0.2, -0.15) is 0 Å². The van der Waals surface area contributed by atoms with Crippen molar-refractivity contribution in [2.75, 3.05) is 7.11 Å². The SMILES string of the molecule is COC(=O)[C@H](NC1CC1)c1ccc(O)cc1. The van der Waals surface area contributed by atoms with Gasteiger partial charge in [0.25, 0.3) is 0 Å². The zero-order chi connectivity index (χ0) is 11.5. The van der Waals surface area contributed by atoms with E-state index in [2.05, 4.69) is 5.32 Å². The van der Waals surface area contributed by atoms with E-state index < -0.39 is 6.04 Å². The normalized spacial score (nSPS) is 16.8. The molecule has 1 aliphatic rings. The molecule has 0 bridgehead atoms. The summed E-state index contributed by atoms with van der Waals surface area (Å²) >= 11 is 0. The molecule has 0 amide bonds. The van der Waals surface area contributed by atoms with Crippen molar-refractivity contribution < 1.29 is 14.6 Å². The minimum absolute atomic E-state index is 0.193. The van der Waals surface area contributed by atoms with Gasteiger partial charge in [0, 0.05) is 6.04 Å². The van der Waals surface area contributed by atoms with Crippen LogP contribution in [-0.4, -0.2) is 24.2 Å². The Morgan fingerprint density at radius 2 is 2.06 bits per heavy atom. The van der Waals surface area contributed by atoms with E-state index >= 15 is 0 Å². The number of carbonyl (C=O) groups is 1. The van der Waals surface area contributed by atoms with Gasteiger partial charge in [-0.05, 0) is 30.5 Å². The van der Waals surface area contributed by atoms with Gasteiger partial charge in [-0.3, -0.25) is 5.32 Å². The summed E-state index contributed by atoms with van der Waals surface area (Å²) < 4.78 is 4.76. The lowest BCUT2D eigenvalue weighted by Gasteiger charge is -2.16. The number of ether oxygens (including phenoxy) is 1. The van der Waals surface area contributed by atoms with Gasteiger partial charge in [0.15, 0.2) is 0 Å². The van der Waals surface area contributed by atoms with E-state index in [-0.39, 0.29) is 11.7 Å². The van der Waals surface area contributed by atoms with Crippen molar-refractivity contribution in [2.45, 2.75) is 24.9 Å². The molecule has 2 rings (SSSR count). The molecule has 16 heavy (non-hydrogen) atoms. The number of esters is 1. The first-order valence-electron chi connectivity index (χ1n) is 5.33. The fourth-order valence-corrected chi connectivity index (χ4v) is 1.57. The van der Waals surface area contributed by atoms with Crippen molar-refractivity contribution in [3.05, 3.63) is 29.8 Å². The van der Waals surface area contributed by atoms with E-state index in [1.807, 2.05) is 0 Å². The first-order chi connectivity index (χ1) is 7.70. The highest BCUT2D eigenvalue weighted by atomic mass is 16.5. The van der Waals surface area contributed by atoms with Gasteiger partial charge in [0.2, 0.25) is 0 Å². The van der Waals surface area contributed by atoms with Crippen LogP contribution in [0.4, 0.5) is 0 Å². The van der Waals surface area contributed by atoms with Crippen molar-refractivity contribution in [3.63, 3.8) is 0 Å². The van der Waals surface area contributed by atoms with Crippen LogP contribution in [0.1, 0.15) is 24.4 Å². The summed E-state index contributed by atoms with van der Waals surface area (Å²) in [5, 5.41) is 12.4. The van der Waals surface area contributed by atoms with Crippen LogP contribution in [0.15, 0.2) is 24.3 Å². The number of nitrogens with one attached hydrogen (secondary N) is 1. The zero-order valence-corrected chi connectivity index (χ0v) is 9.14. The topological polar surface area (TPSA) is 58.6 Å². The first kappa shape index (κ1) is 11.0. The third-order valence-electron chi connectivity index (χ3n) is 2.64.